The molecule has 1 heterocycles. The number of rotatable bonds is 5. The van der Waals surface area contributed by atoms with Crippen LogP contribution in [0.1, 0.15) is 45.2 Å². The van der Waals surface area contributed by atoms with Gasteiger partial charge >= 0.3 is 0 Å². The highest BCUT2D eigenvalue weighted by Gasteiger charge is 2.44. The molecule has 1 saturated heterocycles. The first kappa shape index (κ1) is 21.9. The third-order valence-corrected chi connectivity index (χ3v) is 4.91. The van der Waals surface area contributed by atoms with E-state index in [1.54, 1.807) is 0 Å². The van der Waals surface area contributed by atoms with Gasteiger partial charge in [0.25, 0.3) is 0 Å². The van der Waals surface area contributed by atoms with Crippen LogP contribution < -0.4 is 10.6 Å². The van der Waals surface area contributed by atoms with Gasteiger partial charge < -0.3 is 20.6 Å². The lowest BCUT2D eigenvalue weighted by Crippen LogP contribution is -2.57. The monoisotopic (exact) mass is 389 g/mol. The highest BCUT2D eigenvalue weighted by Crippen LogP contribution is 2.26. The maximum Gasteiger partial charge on any atom is 0.246 e. The first-order valence-corrected chi connectivity index (χ1v) is 9.58. The van der Waals surface area contributed by atoms with Crippen molar-refractivity contribution in [3.8, 4) is 0 Å². The summed E-state index contributed by atoms with van der Waals surface area (Å²) in [6, 6.07) is 6.29. The predicted molar refractivity (Wildman–Crippen MR) is 106 cm³/mol. The number of carbonyl (C=O) groups is 3. The number of aliphatic hydroxyl groups is 1. The van der Waals surface area contributed by atoms with Gasteiger partial charge in [-0.25, -0.2) is 0 Å². The minimum absolute atomic E-state index is 0.0770. The van der Waals surface area contributed by atoms with Crippen molar-refractivity contribution in [2.24, 2.45) is 5.41 Å². The van der Waals surface area contributed by atoms with Crippen LogP contribution in [0.2, 0.25) is 0 Å². The van der Waals surface area contributed by atoms with Crippen LogP contribution in [-0.2, 0) is 20.9 Å². The lowest BCUT2D eigenvalue weighted by molar-refractivity contribution is -0.143. The summed E-state index contributed by atoms with van der Waals surface area (Å²) in [5.41, 5.74) is 1.57. The average Bonchev–Trinajstić information content (AvgIpc) is 2.99. The molecule has 0 saturated carbocycles. The van der Waals surface area contributed by atoms with E-state index in [-0.39, 0.29) is 30.7 Å². The van der Waals surface area contributed by atoms with Crippen LogP contribution in [0.15, 0.2) is 24.3 Å². The van der Waals surface area contributed by atoms with Crippen LogP contribution in [0.4, 0.5) is 0 Å². The molecule has 1 fully saturated rings. The molecule has 0 aliphatic carbocycles. The molecule has 0 unspecified atom stereocenters. The van der Waals surface area contributed by atoms with E-state index in [4.69, 9.17) is 0 Å². The lowest BCUT2D eigenvalue weighted by Gasteiger charge is -2.35. The van der Waals surface area contributed by atoms with E-state index in [1.807, 2.05) is 52.0 Å². The number of aliphatic hydroxyl groups excluding tert-OH is 1. The Balaban J connectivity index is 2.11. The highest BCUT2D eigenvalue weighted by atomic mass is 16.3. The second-order valence-corrected chi connectivity index (χ2v) is 8.60. The Kier molecular flexibility index (Phi) is 6.82. The van der Waals surface area contributed by atoms with Crippen LogP contribution in [0, 0.1) is 12.3 Å². The van der Waals surface area contributed by atoms with Gasteiger partial charge in [-0.3, -0.25) is 14.4 Å². The topological polar surface area (TPSA) is 98.7 Å². The molecule has 1 aromatic carbocycles. The van der Waals surface area contributed by atoms with Crippen LogP contribution in [0.5, 0.6) is 0 Å². The van der Waals surface area contributed by atoms with Gasteiger partial charge in [0.1, 0.15) is 12.1 Å². The Bertz CT molecular complexity index is 724. The average molecular weight is 389 g/mol. The molecule has 2 rings (SSSR count). The third-order valence-electron chi connectivity index (χ3n) is 4.91. The smallest absolute Gasteiger partial charge is 0.246 e. The molecular formula is C21H31N3O4. The molecule has 0 radical (unpaired) electrons. The van der Waals surface area contributed by atoms with E-state index in [1.165, 1.54) is 11.8 Å². The molecular weight excluding hydrogens is 358 g/mol. The number of nitrogens with one attached hydrogen (secondary N) is 2. The molecule has 0 bridgehead atoms. The van der Waals surface area contributed by atoms with Crippen LogP contribution in [0.3, 0.4) is 0 Å². The zero-order valence-corrected chi connectivity index (χ0v) is 17.3. The van der Waals surface area contributed by atoms with Crippen molar-refractivity contribution < 1.29 is 19.5 Å². The summed E-state index contributed by atoms with van der Waals surface area (Å²) >= 11 is 0. The zero-order chi connectivity index (χ0) is 21.1. The maximum absolute atomic E-state index is 13.1. The minimum atomic E-state index is -0.775. The van der Waals surface area contributed by atoms with Crippen molar-refractivity contribution in [3.63, 3.8) is 0 Å². The fourth-order valence-corrected chi connectivity index (χ4v) is 3.34. The quantitative estimate of drug-likeness (QED) is 0.703. The summed E-state index contributed by atoms with van der Waals surface area (Å²) in [7, 11) is 0. The number of hydrogen-bond donors (Lipinski definition) is 3. The van der Waals surface area contributed by atoms with Gasteiger partial charge in [0.05, 0.1) is 6.10 Å². The Hall–Kier alpha value is -2.41. The summed E-state index contributed by atoms with van der Waals surface area (Å²) in [5, 5.41) is 15.6. The fourth-order valence-electron chi connectivity index (χ4n) is 3.34. The van der Waals surface area contributed by atoms with Gasteiger partial charge in [-0.2, -0.15) is 0 Å². The standard InChI is InChI=1S/C21H31N3O4/c1-13-6-8-15(9-7-13)11-22-19(27)17-10-16(26)12-24(17)20(28)18(21(3,4)5)23-14(2)25/h6-9,16-18,26H,10-12H2,1-5H3,(H,22,27)(H,23,25)/t16-,17+,18-/m1/s1. The second-order valence-electron chi connectivity index (χ2n) is 8.60. The lowest BCUT2D eigenvalue weighted by atomic mass is 9.85. The van der Waals surface area contributed by atoms with Gasteiger partial charge in [0.2, 0.25) is 17.7 Å². The molecule has 7 heteroatoms. The first-order chi connectivity index (χ1) is 13.0. The number of likely N-dealkylation sites (tertiary alicyclic amines) is 1. The van der Waals surface area contributed by atoms with Crippen molar-refractivity contribution in [2.45, 2.75) is 65.8 Å². The van der Waals surface area contributed by atoms with Crippen LogP contribution in [-0.4, -0.2) is 52.5 Å². The van der Waals surface area contributed by atoms with Crippen molar-refractivity contribution >= 4 is 17.7 Å². The Morgan fingerprint density at radius 3 is 2.36 bits per heavy atom. The summed E-state index contributed by atoms with van der Waals surface area (Å²) in [6.45, 7) is 9.33. The number of β-amino-alcohol motifs (C(OH)–C–C–N with tert-alkyl or cyclic N) is 1. The summed E-state index contributed by atoms with van der Waals surface area (Å²) in [5.74, 6) is -0.968. The molecule has 0 spiro atoms. The molecule has 1 aliphatic heterocycles. The Morgan fingerprint density at radius 1 is 1.21 bits per heavy atom. The van der Waals surface area contributed by atoms with E-state index in [0.29, 0.717) is 6.54 Å². The highest BCUT2D eigenvalue weighted by molar-refractivity contribution is 5.92. The van der Waals surface area contributed by atoms with Gasteiger partial charge in [-0.15, -0.1) is 0 Å². The number of aryl methyl sites for hydroxylation is 1. The zero-order valence-electron chi connectivity index (χ0n) is 17.3. The predicted octanol–water partition coefficient (Wildman–Crippen LogP) is 1.12. The van der Waals surface area contributed by atoms with Gasteiger partial charge in [-0.05, 0) is 17.9 Å². The number of hydrogen-bond acceptors (Lipinski definition) is 4. The molecule has 3 N–H and O–H groups in total. The molecule has 1 aromatic rings. The van der Waals surface area contributed by atoms with E-state index < -0.39 is 23.6 Å². The van der Waals surface area contributed by atoms with Gasteiger partial charge in [0, 0.05) is 26.4 Å². The normalized spacial score (nSPS) is 20.6. The largest absolute Gasteiger partial charge is 0.391 e. The molecule has 7 nitrogen and oxygen atoms in total. The Labute approximate surface area is 166 Å². The molecule has 1 aliphatic rings. The van der Waals surface area contributed by atoms with Crippen LogP contribution >= 0.6 is 0 Å². The molecule has 3 atom stereocenters. The number of benzene rings is 1. The number of carbonyl (C=O) groups excluding carboxylic acids is 3. The van der Waals surface area contributed by atoms with E-state index in [9.17, 15) is 19.5 Å². The number of amides is 3. The molecule has 0 aromatic heterocycles. The maximum atomic E-state index is 13.1. The van der Waals surface area contributed by atoms with Crippen molar-refractivity contribution in [3.05, 3.63) is 35.4 Å². The number of nitrogens with zero attached hydrogens (tertiary/aromatic N) is 1. The van der Waals surface area contributed by atoms with Crippen molar-refractivity contribution in [2.75, 3.05) is 6.54 Å². The van der Waals surface area contributed by atoms with Crippen LogP contribution in [0.25, 0.3) is 0 Å². The van der Waals surface area contributed by atoms with E-state index in [0.717, 1.165) is 11.1 Å². The minimum Gasteiger partial charge on any atom is -0.391 e. The first-order valence-electron chi connectivity index (χ1n) is 9.58. The molecule has 154 valence electrons. The molecule has 3 amide bonds. The van der Waals surface area contributed by atoms with E-state index in [2.05, 4.69) is 10.6 Å². The summed E-state index contributed by atoms with van der Waals surface area (Å²) in [4.78, 5) is 38.8. The van der Waals surface area contributed by atoms with Gasteiger partial charge in [-0.1, -0.05) is 50.6 Å². The fraction of sp³-hybridized carbons (Fsp3) is 0.571. The van der Waals surface area contributed by atoms with Crippen molar-refractivity contribution in [1.29, 1.82) is 0 Å². The third kappa shape index (κ3) is 5.55. The SMILES string of the molecule is CC(=O)N[C@H](C(=O)N1C[C@H](O)C[C@H]1C(=O)NCc1ccc(C)cc1)C(C)(C)C. The summed E-state index contributed by atoms with van der Waals surface area (Å²) in [6.07, 6.45) is -0.584. The van der Waals surface area contributed by atoms with E-state index >= 15 is 0 Å². The Morgan fingerprint density at radius 2 is 1.82 bits per heavy atom. The van der Waals surface area contributed by atoms with Crippen molar-refractivity contribution in [1.82, 2.24) is 15.5 Å². The second kappa shape index (κ2) is 8.73. The molecule has 28 heavy (non-hydrogen) atoms. The van der Waals surface area contributed by atoms with Gasteiger partial charge in [0.15, 0.2) is 0 Å². The summed E-state index contributed by atoms with van der Waals surface area (Å²) < 4.78 is 0.